The van der Waals surface area contributed by atoms with Gasteiger partial charge in [0.25, 0.3) is 0 Å². The summed E-state index contributed by atoms with van der Waals surface area (Å²) in [6, 6.07) is 0. The number of rotatable bonds is 3. The van der Waals surface area contributed by atoms with Gasteiger partial charge in [0.1, 0.15) is 13.1 Å². The van der Waals surface area contributed by atoms with Gasteiger partial charge in [-0.25, -0.2) is 0 Å². The van der Waals surface area contributed by atoms with Crippen molar-refractivity contribution in [2.24, 2.45) is 0 Å². The van der Waals surface area contributed by atoms with Crippen LogP contribution in [-0.4, -0.2) is 54.0 Å². The highest BCUT2D eigenvalue weighted by molar-refractivity contribution is 6.05. The molecular formula is C10H14F3N3O3. The van der Waals surface area contributed by atoms with Crippen molar-refractivity contribution in [3.63, 3.8) is 0 Å². The lowest BCUT2D eigenvalue weighted by atomic mass is 10.0. The highest BCUT2D eigenvalue weighted by Gasteiger charge is 2.40. The zero-order valence-electron chi connectivity index (χ0n) is 10.4. The fourth-order valence-corrected chi connectivity index (χ4v) is 1.48. The zero-order chi connectivity index (χ0) is 14.8. The van der Waals surface area contributed by atoms with E-state index >= 15 is 0 Å². The summed E-state index contributed by atoms with van der Waals surface area (Å²) in [6.45, 7) is 0.679. The number of hydrogen-bond acceptors (Lipinski definition) is 4. The Morgan fingerprint density at radius 3 is 2.53 bits per heavy atom. The lowest BCUT2D eigenvalue weighted by molar-refractivity contribution is -0.155. The Bertz CT molecular complexity index is 407. The van der Waals surface area contributed by atoms with Gasteiger partial charge in [-0.2, -0.15) is 13.2 Å². The van der Waals surface area contributed by atoms with Crippen molar-refractivity contribution in [1.29, 1.82) is 0 Å². The molecule has 0 radical (unpaired) electrons. The van der Waals surface area contributed by atoms with Crippen LogP contribution < -0.4 is 10.6 Å². The molecule has 1 aliphatic rings. The van der Waals surface area contributed by atoms with Gasteiger partial charge in [0.05, 0.1) is 12.1 Å². The molecule has 19 heavy (non-hydrogen) atoms. The second-order valence-electron chi connectivity index (χ2n) is 4.66. The quantitative estimate of drug-likeness (QED) is 0.677. The SMILES string of the molecule is CC1(C)NCC(=O)N(CC(=O)NCC(F)(F)F)C1=O. The van der Waals surface area contributed by atoms with Crippen molar-refractivity contribution in [1.82, 2.24) is 15.5 Å². The van der Waals surface area contributed by atoms with Crippen LogP contribution in [0, 0.1) is 0 Å². The number of alkyl halides is 3. The van der Waals surface area contributed by atoms with E-state index in [1.165, 1.54) is 13.8 Å². The maximum Gasteiger partial charge on any atom is 0.405 e. The highest BCUT2D eigenvalue weighted by Crippen LogP contribution is 2.14. The molecule has 9 heteroatoms. The summed E-state index contributed by atoms with van der Waals surface area (Å²) in [6.07, 6.45) is -4.54. The molecule has 1 heterocycles. The molecule has 0 aromatic heterocycles. The van der Waals surface area contributed by atoms with E-state index in [2.05, 4.69) is 5.32 Å². The minimum absolute atomic E-state index is 0.148. The molecule has 0 aromatic carbocycles. The summed E-state index contributed by atoms with van der Waals surface area (Å²) in [7, 11) is 0. The van der Waals surface area contributed by atoms with Crippen LogP contribution in [0.3, 0.4) is 0 Å². The predicted molar refractivity (Wildman–Crippen MR) is 57.9 cm³/mol. The Morgan fingerprint density at radius 2 is 2.00 bits per heavy atom. The van der Waals surface area contributed by atoms with E-state index in [9.17, 15) is 27.6 Å². The van der Waals surface area contributed by atoms with Gasteiger partial charge in [0, 0.05) is 0 Å². The van der Waals surface area contributed by atoms with Gasteiger partial charge in [-0.3, -0.25) is 24.6 Å². The topological polar surface area (TPSA) is 78.5 Å². The third kappa shape index (κ3) is 4.19. The molecule has 0 bridgehead atoms. The summed E-state index contributed by atoms with van der Waals surface area (Å²) in [4.78, 5) is 35.2. The average Bonchev–Trinajstić information content (AvgIpc) is 2.27. The third-order valence-electron chi connectivity index (χ3n) is 2.55. The van der Waals surface area contributed by atoms with E-state index in [0.717, 1.165) is 0 Å². The molecule has 0 spiro atoms. The van der Waals surface area contributed by atoms with Crippen LogP contribution in [0.2, 0.25) is 0 Å². The van der Waals surface area contributed by atoms with E-state index in [-0.39, 0.29) is 6.54 Å². The van der Waals surface area contributed by atoms with Gasteiger partial charge in [0.2, 0.25) is 17.7 Å². The molecule has 0 aromatic rings. The minimum Gasteiger partial charge on any atom is -0.345 e. The molecule has 2 N–H and O–H groups in total. The molecule has 108 valence electrons. The van der Waals surface area contributed by atoms with E-state index in [1.807, 2.05) is 0 Å². The van der Waals surface area contributed by atoms with Crippen LogP contribution in [0.15, 0.2) is 0 Å². The molecule has 1 saturated heterocycles. The van der Waals surface area contributed by atoms with Crippen molar-refractivity contribution in [2.45, 2.75) is 25.6 Å². The van der Waals surface area contributed by atoms with Crippen LogP contribution in [-0.2, 0) is 14.4 Å². The Labute approximate surface area is 107 Å². The molecule has 0 saturated carbocycles. The molecule has 0 atom stereocenters. The van der Waals surface area contributed by atoms with Crippen LogP contribution in [0.1, 0.15) is 13.8 Å². The predicted octanol–water partition coefficient (Wildman–Crippen LogP) is -0.598. The van der Waals surface area contributed by atoms with Crippen molar-refractivity contribution in [3.8, 4) is 0 Å². The number of carbonyl (C=O) groups is 3. The largest absolute Gasteiger partial charge is 0.405 e. The number of hydrogen-bond donors (Lipinski definition) is 2. The number of nitrogens with one attached hydrogen (secondary N) is 2. The van der Waals surface area contributed by atoms with Crippen molar-refractivity contribution < 1.29 is 27.6 Å². The fraction of sp³-hybridized carbons (Fsp3) is 0.700. The first-order chi connectivity index (χ1) is 8.53. The summed E-state index contributed by atoms with van der Waals surface area (Å²) in [5.74, 6) is -2.32. The molecule has 0 aliphatic carbocycles. The van der Waals surface area contributed by atoms with E-state index in [1.54, 1.807) is 5.32 Å². The lowest BCUT2D eigenvalue weighted by Gasteiger charge is -2.36. The molecule has 1 fully saturated rings. The maximum absolute atomic E-state index is 11.9. The van der Waals surface area contributed by atoms with E-state index in [0.29, 0.717) is 4.90 Å². The monoisotopic (exact) mass is 281 g/mol. The van der Waals surface area contributed by atoms with Crippen LogP contribution in [0.4, 0.5) is 13.2 Å². The maximum atomic E-state index is 11.9. The zero-order valence-corrected chi connectivity index (χ0v) is 10.4. The van der Waals surface area contributed by atoms with Crippen LogP contribution >= 0.6 is 0 Å². The third-order valence-corrected chi connectivity index (χ3v) is 2.55. The van der Waals surface area contributed by atoms with Gasteiger partial charge in [0.15, 0.2) is 0 Å². The first-order valence-corrected chi connectivity index (χ1v) is 5.46. The first kappa shape index (κ1) is 15.4. The average molecular weight is 281 g/mol. The molecule has 6 nitrogen and oxygen atoms in total. The van der Waals surface area contributed by atoms with Gasteiger partial charge >= 0.3 is 6.18 Å². The normalized spacial score (nSPS) is 19.5. The number of carbonyl (C=O) groups excluding carboxylic acids is 3. The molecular weight excluding hydrogens is 267 g/mol. The van der Waals surface area contributed by atoms with Crippen LogP contribution in [0.25, 0.3) is 0 Å². The van der Waals surface area contributed by atoms with Gasteiger partial charge in [-0.15, -0.1) is 0 Å². The molecule has 1 rings (SSSR count). The van der Waals surface area contributed by atoms with Gasteiger partial charge < -0.3 is 5.32 Å². The number of amides is 3. The van der Waals surface area contributed by atoms with Crippen molar-refractivity contribution in [2.75, 3.05) is 19.6 Å². The molecule has 1 aliphatic heterocycles. The van der Waals surface area contributed by atoms with Gasteiger partial charge in [-0.1, -0.05) is 0 Å². The second-order valence-corrected chi connectivity index (χ2v) is 4.66. The lowest BCUT2D eigenvalue weighted by Crippen LogP contribution is -2.65. The van der Waals surface area contributed by atoms with E-state index < -0.39 is 42.5 Å². The summed E-state index contributed by atoms with van der Waals surface area (Å²) < 4.78 is 35.7. The summed E-state index contributed by atoms with van der Waals surface area (Å²) in [5, 5.41) is 4.27. The van der Waals surface area contributed by atoms with Crippen molar-refractivity contribution >= 4 is 17.7 Å². The number of halogens is 3. The Kier molecular flexibility index (Phi) is 4.18. The number of imide groups is 1. The smallest absolute Gasteiger partial charge is 0.345 e. The molecule has 0 unspecified atom stereocenters. The van der Waals surface area contributed by atoms with Crippen LogP contribution in [0.5, 0.6) is 0 Å². The fourth-order valence-electron chi connectivity index (χ4n) is 1.48. The minimum atomic E-state index is -4.54. The molecule has 3 amide bonds. The standard InChI is InChI=1S/C10H14F3N3O3/c1-9(2)8(19)16(7(18)3-15-9)4-6(17)14-5-10(11,12)13/h15H,3-5H2,1-2H3,(H,14,17). The Morgan fingerprint density at radius 1 is 1.42 bits per heavy atom. The highest BCUT2D eigenvalue weighted by atomic mass is 19.4. The summed E-state index contributed by atoms with van der Waals surface area (Å²) >= 11 is 0. The second kappa shape index (κ2) is 5.16. The Hall–Kier alpha value is -1.64. The summed E-state index contributed by atoms with van der Waals surface area (Å²) in [5.41, 5.74) is -1.03. The van der Waals surface area contributed by atoms with Gasteiger partial charge in [-0.05, 0) is 13.8 Å². The van der Waals surface area contributed by atoms with E-state index in [4.69, 9.17) is 0 Å². The number of piperazine rings is 1. The van der Waals surface area contributed by atoms with Crippen molar-refractivity contribution in [3.05, 3.63) is 0 Å². The first-order valence-electron chi connectivity index (χ1n) is 5.46. The Balaban J connectivity index is 2.62. The number of nitrogens with zero attached hydrogens (tertiary/aromatic N) is 1.